The van der Waals surface area contributed by atoms with Crippen LogP contribution in [0.2, 0.25) is 5.02 Å². The molecule has 1 heteroatoms. The molecular formula is C36H35Cl. The minimum absolute atomic E-state index is 0.133. The molecule has 0 amide bonds. The molecule has 186 valence electrons. The Labute approximate surface area is 226 Å². The Morgan fingerprint density at radius 3 is 2.14 bits per heavy atom. The van der Waals surface area contributed by atoms with Gasteiger partial charge in [0, 0.05) is 10.4 Å². The van der Waals surface area contributed by atoms with E-state index in [1.54, 1.807) is 0 Å². The van der Waals surface area contributed by atoms with E-state index in [0.29, 0.717) is 5.92 Å². The molecule has 0 saturated carbocycles. The first-order valence-corrected chi connectivity index (χ1v) is 13.8. The lowest BCUT2D eigenvalue weighted by atomic mass is 9.63. The standard InChI is InChI=1S/C36H35Cl/c1-35(2,3)27-16-13-23(14-17-27)24-9-8-10-26(19-24)33-20-25-15-18-29-28-11-6-7-12-30(28)34(37)21-31(29)32(25)22-36(33,4)5/h6-19,21,33H,20,22H2,1-5H3. The fourth-order valence-electron chi connectivity index (χ4n) is 6.38. The first-order chi connectivity index (χ1) is 17.6. The molecule has 1 unspecified atom stereocenters. The van der Waals surface area contributed by atoms with Crippen molar-refractivity contribution >= 4 is 33.1 Å². The van der Waals surface area contributed by atoms with E-state index in [1.807, 2.05) is 0 Å². The van der Waals surface area contributed by atoms with Gasteiger partial charge in [-0.1, -0.05) is 131 Å². The lowest BCUT2D eigenvalue weighted by molar-refractivity contribution is 0.264. The zero-order chi connectivity index (χ0) is 25.9. The Bertz CT molecular complexity index is 1630. The van der Waals surface area contributed by atoms with Crippen LogP contribution in [0.5, 0.6) is 0 Å². The molecule has 0 nitrogen and oxygen atoms in total. The topological polar surface area (TPSA) is 0 Å². The number of benzene rings is 5. The molecule has 0 fully saturated rings. The molecule has 0 heterocycles. The molecule has 0 aliphatic heterocycles. The van der Waals surface area contributed by atoms with E-state index in [9.17, 15) is 0 Å². The zero-order valence-corrected chi connectivity index (χ0v) is 23.3. The van der Waals surface area contributed by atoms with Gasteiger partial charge < -0.3 is 0 Å². The summed E-state index contributed by atoms with van der Waals surface area (Å²) in [6.07, 6.45) is 2.10. The Kier molecular flexibility index (Phi) is 5.73. The monoisotopic (exact) mass is 502 g/mol. The van der Waals surface area contributed by atoms with Gasteiger partial charge in [0.15, 0.2) is 0 Å². The SMILES string of the molecule is CC(C)(C)c1ccc(-c2cccc(C3Cc4ccc5c(cc(Cl)c6ccccc65)c4CC3(C)C)c2)cc1. The minimum Gasteiger partial charge on any atom is -0.0836 e. The average molecular weight is 503 g/mol. The average Bonchev–Trinajstić information content (AvgIpc) is 2.88. The van der Waals surface area contributed by atoms with Crippen LogP contribution in [0, 0.1) is 5.41 Å². The third kappa shape index (κ3) is 4.26. The van der Waals surface area contributed by atoms with Crippen LogP contribution in [0.3, 0.4) is 0 Å². The molecule has 37 heavy (non-hydrogen) atoms. The van der Waals surface area contributed by atoms with E-state index in [-0.39, 0.29) is 10.8 Å². The summed E-state index contributed by atoms with van der Waals surface area (Å²) in [7, 11) is 0. The normalized spacial score (nSPS) is 17.2. The van der Waals surface area contributed by atoms with Crippen molar-refractivity contribution in [3.05, 3.63) is 118 Å². The van der Waals surface area contributed by atoms with Gasteiger partial charge in [-0.15, -0.1) is 0 Å². The van der Waals surface area contributed by atoms with Gasteiger partial charge in [0.05, 0.1) is 0 Å². The Morgan fingerprint density at radius 1 is 0.703 bits per heavy atom. The number of hydrogen-bond donors (Lipinski definition) is 0. The molecule has 0 bridgehead atoms. The van der Waals surface area contributed by atoms with Gasteiger partial charge in [-0.3, -0.25) is 0 Å². The summed E-state index contributed by atoms with van der Waals surface area (Å²) in [5.74, 6) is 0.460. The maximum atomic E-state index is 6.78. The van der Waals surface area contributed by atoms with Crippen LogP contribution in [-0.4, -0.2) is 0 Å². The van der Waals surface area contributed by atoms with Crippen LogP contribution < -0.4 is 0 Å². The molecule has 6 rings (SSSR count). The van der Waals surface area contributed by atoms with Crippen LogP contribution in [0.15, 0.2) is 91.0 Å². The summed E-state index contributed by atoms with van der Waals surface area (Å²) >= 11 is 6.78. The molecule has 0 saturated heterocycles. The second kappa shape index (κ2) is 8.74. The maximum absolute atomic E-state index is 6.78. The largest absolute Gasteiger partial charge is 0.0836 e. The van der Waals surface area contributed by atoms with Crippen molar-refractivity contribution < 1.29 is 0 Å². The fourth-order valence-corrected chi connectivity index (χ4v) is 6.66. The van der Waals surface area contributed by atoms with Crippen LogP contribution in [0.1, 0.15) is 62.8 Å². The third-order valence-electron chi connectivity index (χ3n) is 8.57. The molecule has 0 N–H and O–H groups in total. The first-order valence-electron chi connectivity index (χ1n) is 13.4. The van der Waals surface area contributed by atoms with E-state index < -0.39 is 0 Å². The van der Waals surface area contributed by atoms with Crippen molar-refractivity contribution in [3.63, 3.8) is 0 Å². The number of rotatable bonds is 2. The highest BCUT2D eigenvalue weighted by molar-refractivity contribution is 6.37. The van der Waals surface area contributed by atoms with Crippen molar-refractivity contribution in [2.75, 3.05) is 0 Å². The van der Waals surface area contributed by atoms with E-state index in [4.69, 9.17) is 11.6 Å². The molecule has 1 aliphatic carbocycles. The van der Waals surface area contributed by atoms with Gasteiger partial charge in [0.2, 0.25) is 0 Å². The second-order valence-corrected chi connectivity index (χ2v) is 13.0. The molecule has 1 aliphatic rings. The van der Waals surface area contributed by atoms with Gasteiger partial charge in [-0.25, -0.2) is 0 Å². The smallest absolute Gasteiger partial charge is 0.0490 e. The van der Waals surface area contributed by atoms with Gasteiger partial charge in [0.1, 0.15) is 0 Å². The van der Waals surface area contributed by atoms with Crippen molar-refractivity contribution in [1.29, 1.82) is 0 Å². The molecule has 5 aromatic carbocycles. The quantitative estimate of drug-likeness (QED) is 0.210. The summed E-state index contributed by atoms with van der Waals surface area (Å²) in [5, 5.41) is 5.87. The van der Waals surface area contributed by atoms with Gasteiger partial charge in [-0.2, -0.15) is 0 Å². The zero-order valence-electron chi connectivity index (χ0n) is 22.5. The van der Waals surface area contributed by atoms with E-state index in [0.717, 1.165) is 23.3 Å². The van der Waals surface area contributed by atoms with Crippen LogP contribution in [0.4, 0.5) is 0 Å². The van der Waals surface area contributed by atoms with Crippen molar-refractivity contribution in [2.24, 2.45) is 5.41 Å². The predicted octanol–water partition coefficient (Wildman–Crippen LogP) is 10.5. The van der Waals surface area contributed by atoms with E-state index in [2.05, 4.69) is 126 Å². The lowest BCUT2D eigenvalue weighted by Gasteiger charge is -2.41. The number of halogens is 1. The van der Waals surface area contributed by atoms with Crippen LogP contribution in [0.25, 0.3) is 32.7 Å². The third-order valence-corrected chi connectivity index (χ3v) is 8.89. The summed E-state index contributed by atoms with van der Waals surface area (Å²) in [5.41, 5.74) is 8.63. The predicted molar refractivity (Wildman–Crippen MR) is 161 cm³/mol. The summed E-state index contributed by atoms with van der Waals surface area (Å²) < 4.78 is 0. The van der Waals surface area contributed by atoms with Gasteiger partial charge >= 0.3 is 0 Å². The molecular weight excluding hydrogens is 468 g/mol. The highest BCUT2D eigenvalue weighted by Gasteiger charge is 2.37. The van der Waals surface area contributed by atoms with E-state index >= 15 is 0 Å². The van der Waals surface area contributed by atoms with Crippen LogP contribution >= 0.6 is 11.6 Å². The first kappa shape index (κ1) is 24.3. The summed E-state index contributed by atoms with van der Waals surface area (Å²) in [4.78, 5) is 0. The number of hydrogen-bond acceptors (Lipinski definition) is 0. The fraction of sp³-hybridized carbons (Fsp3) is 0.278. The summed E-state index contributed by atoms with van der Waals surface area (Å²) in [6, 6.07) is 33.8. The van der Waals surface area contributed by atoms with E-state index in [1.165, 1.54) is 49.5 Å². The Balaban J connectivity index is 1.40. The molecule has 0 radical (unpaired) electrons. The van der Waals surface area contributed by atoms with Crippen molar-refractivity contribution in [3.8, 4) is 11.1 Å². The Hall–Kier alpha value is -3.09. The molecule has 5 aromatic rings. The van der Waals surface area contributed by atoms with Crippen molar-refractivity contribution in [2.45, 2.75) is 58.8 Å². The molecule has 0 spiro atoms. The Morgan fingerprint density at radius 2 is 1.41 bits per heavy atom. The van der Waals surface area contributed by atoms with Crippen molar-refractivity contribution in [1.82, 2.24) is 0 Å². The molecule has 1 atom stereocenters. The highest BCUT2D eigenvalue weighted by Crippen LogP contribution is 2.48. The maximum Gasteiger partial charge on any atom is 0.0490 e. The second-order valence-electron chi connectivity index (χ2n) is 12.6. The lowest BCUT2D eigenvalue weighted by Crippen LogP contribution is -2.31. The number of fused-ring (bicyclic) bond motifs is 5. The van der Waals surface area contributed by atoms with Gasteiger partial charge in [-0.05, 0) is 85.2 Å². The van der Waals surface area contributed by atoms with Gasteiger partial charge in [0.25, 0.3) is 0 Å². The minimum atomic E-state index is 0.133. The highest BCUT2D eigenvalue weighted by atomic mass is 35.5. The molecule has 0 aromatic heterocycles. The van der Waals surface area contributed by atoms with Crippen LogP contribution in [-0.2, 0) is 18.3 Å². The summed E-state index contributed by atoms with van der Waals surface area (Å²) in [6.45, 7) is 11.7.